The number of rotatable bonds is 6. The van der Waals surface area contributed by atoms with Crippen LogP contribution in [0.15, 0.2) is 158 Å². The van der Waals surface area contributed by atoms with Crippen molar-refractivity contribution in [2.24, 2.45) is 0 Å². The smallest absolute Gasteiger partial charge is 0.182 e. The van der Waals surface area contributed by atoms with E-state index in [1.54, 1.807) is 5.56 Å². The van der Waals surface area contributed by atoms with Crippen molar-refractivity contribution in [1.29, 1.82) is 0 Å². The highest BCUT2D eigenvalue weighted by atomic mass is 15.2. The lowest BCUT2D eigenvalue weighted by Crippen LogP contribution is -2.41. The van der Waals surface area contributed by atoms with Crippen LogP contribution in [-0.2, 0) is 5.41 Å². The third-order valence-corrected chi connectivity index (χ3v) is 13.5. The minimum Gasteiger partial charge on any atom is -0.223 e. The number of hydrogen-bond acceptors (Lipinski definition) is 0. The van der Waals surface area contributed by atoms with Crippen LogP contribution < -0.4 is 0 Å². The van der Waals surface area contributed by atoms with E-state index in [0.29, 0.717) is 17.9 Å². The maximum absolute atomic E-state index is 2.66. The SMILES string of the molecule is CC12CC1(C)[N+]1=CC=CCC1c1cc(-c3ccc(C4C=C(c5cccc(C6=CC(c7cccc(C8C=CC=CC8)c7)=CCC6)c5)C=CC4)cc3)ccc12. The first-order chi connectivity index (χ1) is 26.0. The third kappa shape index (κ3) is 5.56. The van der Waals surface area contributed by atoms with Crippen molar-refractivity contribution < 1.29 is 4.58 Å². The molecule has 0 amide bonds. The molecule has 2 heterocycles. The molecule has 0 N–H and O–H groups in total. The topological polar surface area (TPSA) is 3.01 Å². The lowest BCUT2D eigenvalue weighted by atomic mass is 9.79. The lowest BCUT2D eigenvalue weighted by molar-refractivity contribution is -0.622. The minimum atomic E-state index is 0.241. The van der Waals surface area contributed by atoms with E-state index in [-0.39, 0.29) is 11.0 Å². The van der Waals surface area contributed by atoms with Gasteiger partial charge in [0.1, 0.15) is 0 Å². The van der Waals surface area contributed by atoms with Crippen LogP contribution in [0.2, 0.25) is 0 Å². The Morgan fingerprint density at radius 1 is 0.642 bits per heavy atom. The highest BCUT2D eigenvalue weighted by molar-refractivity contribution is 5.87. The van der Waals surface area contributed by atoms with Crippen molar-refractivity contribution in [3.8, 4) is 11.1 Å². The van der Waals surface area contributed by atoms with E-state index >= 15 is 0 Å². The van der Waals surface area contributed by atoms with Gasteiger partial charge in [-0.2, -0.15) is 0 Å². The van der Waals surface area contributed by atoms with E-state index in [0.717, 1.165) is 32.1 Å². The summed E-state index contributed by atoms with van der Waals surface area (Å²) in [7, 11) is 0. The molecule has 0 aromatic heterocycles. The summed E-state index contributed by atoms with van der Waals surface area (Å²) in [4.78, 5) is 0. The molecule has 4 aromatic rings. The summed E-state index contributed by atoms with van der Waals surface area (Å²) in [5, 5.41) is 0. The molecule has 5 atom stereocenters. The molecule has 2 aliphatic heterocycles. The van der Waals surface area contributed by atoms with Gasteiger partial charge >= 0.3 is 0 Å². The minimum absolute atomic E-state index is 0.241. The van der Waals surface area contributed by atoms with Gasteiger partial charge in [-0.15, -0.1) is 0 Å². The predicted octanol–water partition coefficient (Wildman–Crippen LogP) is 12.9. The predicted molar refractivity (Wildman–Crippen MR) is 223 cm³/mol. The first kappa shape index (κ1) is 32.4. The van der Waals surface area contributed by atoms with Crippen molar-refractivity contribution in [2.75, 3.05) is 0 Å². The zero-order valence-electron chi connectivity index (χ0n) is 31.0. The zero-order valence-corrected chi connectivity index (χ0v) is 31.0. The quantitative estimate of drug-likeness (QED) is 0.178. The average Bonchev–Trinajstić information content (AvgIpc) is 3.84. The summed E-state index contributed by atoms with van der Waals surface area (Å²) in [5.41, 5.74) is 17.0. The fourth-order valence-electron chi connectivity index (χ4n) is 10.1. The standard InChI is InChI=1S/C52H48N/c1-51-35-52(51,2)53-29-7-6-22-50(53)48-34-47(27-28-49(48)51)38-25-23-37(24-26-38)40-15-9-17-42(31-40)44-19-11-21-46(33-44)45-20-10-18-43(32-45)41-16-8-14-39(30-41)36-12-4-3-5-13-36/h3-9,11-12,14,16-19,21,23-34,36,40,50H,10,13,15,20,22,35H2,1-2H3/q+1. The van der Waals surface area contributed by atoms with Crippen LogP contribution in [0.4, 0.5) is 0 Å². The average molecular weight is 687 g/mol. The summed E-state index contributed by atoms with van der Waals surface area (Å²) in [5.74, 6) is 0.835. The number of benzene rings is 4. The molecule has 1 saturated carbocycles. The second-order valence-corrected chi connectivity index (χ2v) is 16.5. The zero-order chi connectivity index (χ0) is 35.6. The van der Waals surface area contributed by atoms with Gasteiger partial charge < -0.3 is 0 Å². The monoisotopic (exact) mass is 686 g/mol. The molecular formula is C52H48N+. The molecule has 10 rings (SSSR count). The van der Waals surface area contributed by atoms with Crippen LogP contribution in [0.5, 0.6) is 0 Å². The number of fused-ring (bicyclic) bond motifs is 6. The molecule has 0 saturated heterocycles. The second-order valence-electron chi connectivity index (χ2n) is 16.5. The van der Waals surface area contributed by atoms with Crippen LogP contribution in [-0.4, -0.2) is 16.3 Å². The van der Waals surface area contributed by atoms with Gasteiger partial charge in [-0.05, 0) is 112 Å². The maximum atomic E-state index is 2.66. The van der Waals surface area contributed by atoms with Gasteiger partial charge in [0, 0.05) is 37.2 Å². The Hall–Kier alpha value is -5.27. The fourth-order valence-corrected chi connectivity index (χ4v) is 10.1. The van der Waals surface area contributed by atoms with Gasteiger partial charge in [0.15, 0.2) is 17.8 Å². The van der Waals surface area contributed by atoms with E-state index in [1.807, 2.05) is 0 Å². The molecule has 4 aromatic carbocycles. The first-order valence-corrected chi connectivity index (χ1v) is 19.8. The van der Waals surface area contributed by atoms with Gasteiger partial charge in [-0.25, -0.2) is 4.58 Å². The Labute approximate surface area is 315 Å². The fraction of sp³-hybridized carbons (Fsp3) is 0.250. The Morgan fingerprint density at radius 3 is 2.30 bits per heavy atom. The first-order valence-electron chi connectivity index (χ1n) is 19.8. The van der Waals surface area contributed by atoms with Crippen LogP contribution in [0.25, 0.3) is 27.8 Å². The van der Waals surface area contributed by atoms with E-state index in [1.165, 1.54) is 67.6 Å². The third-order valence-electron chi connectivity index (χ3n) is 13.5. The highest BCUT2D eigenvalue weighted by Crippen LogP contribution is 2.65. The summed E-state index contributed by atoms with van der Waals surface area (Å²) >= 11 is 0. The van der Waals surface area contributed by atoms with E-state index in [2.05, 4.69) is 182 Å². The molecule has 0 bridgehead atoms. The maximum Gasteiger partial charge on any atom is 0.182 e. The van der Waals surface area contributed by atoms with Crippen molar-refractivity contribution in [2.45, 2.75) is 81.2 Å². The molecule has 5 unspecified atom stereocenters. The summed E-state index contributed by atoms with van der Waals surface area (Å²) in [6.07, 6.45) is 34.5. The Bertz CT molecular complexity index is 2390. The Balaban J connectivity index is 0.881. The van der Waals surface area contributed by atoms with Gasteiger partial charge in [0.2, 0.25) is 0 Å². The van der Waals surface area contributed by atoms with Crippen molar-refractivity contribution in [1.82, 2.24) is 0 Å². The summed E-state index contributed by atoms with van der Waals surface area (Å²) < 4.78 is 2.66. The largest absolute Gasteiger partial charge is 0.223 e. The molecule has 0 spiro atoms. The number of allylic oxidation sites excluding steroid dienone is 13. The van der Waals surface area contributed by atoms with E-state index < -0.39 is 0 Å². The Morgan fingerprint density at radius 2 is 1.43 bits per heavy atom. The van der Waals surface area contributed by atoms with Gasteiger partial charge in [-0.1, -0.05) is 140 Å². The van der Waals surface area contributed by atoms with Gasteiger partial charge in [-0.3, -0.25) is 0 Å². The molecule has 53 heavy (non-hydrogen) atoms. The highest BCUT2D eigenvalue weighted by Gasteiger charge is 2.74. The van der Waals surface area contributed by atoms with Crippen molar-refractivity contribution in [3.05, 3.63) is 197 Å². The Kier molecular flexibility index (Phi) is 7.76. The molecule has 6 aliphatic rings. The van der Waals surface area contributed by atoms with E-state index in [4.69, 9.17) is 0 Å². The van der Waals surface area contributed by atoms with Crippen molar-refractivity contribution in [3.63, 3.8) is 0 Å². The van der Waals surface area contributed by atoms with Crippen LogP contribution >= 0.6 is 0 Å². The lowest BCUT2D eigenvalue weighted by Gasteiger charge is -2.33. The van der Waals surface area contributed by atoms with Crippen LogP contribution in [0.3, 0.4) is 0 Å². The van der Waals surface area contributed by atoms with Gasteiger partial charge in [0.25, 0.3) is 0 Å². The van der Waals surface area contributed by atoms with Gasteiger partial charge in [0.05, 0.1) is 5.41 Å². The molecule has 1 nitrogen and oxygen atoms in total. The molecule has 1 fully saturated rings. The molecule has 1 heteroatoms. The van der Waals surface area contributed by atoms with Crippen LogP contribution in [0.1, 0.15) is 109 Å². The van der Waals surface area contributed by atoms with Crippen molar-refractivity contribution >= 4 is 22.9 Å². The number of nitrogens with zero attached hydrogens (tertiary/aromatic N) is 1. The number of hydrogen-bond donors (Lipinski definition) is 0. The van der Waals surface area contributed by atoms with E-state index in [9.17, 15) is 0 Å². The second kappa shape index (κ2) is 12.7. The molecule has 4 aliphatic carbocycles. The summed E-state index contributed by atoms with van der Waals surface area (Å²) in [6.45, 7) is 4.92. The molecule has 0 radical (unpaired) electrons. The summed E-state index contributed by atoms with van der Waals surface area (Å²) in [6, 6.07) is 35.6. The molecular weight excluding hydrogens is 639 g/mol. The molecule has 260 valence electrons. The normalized spacial score (nSPS) is 27.8. The van der Waals surface area contributed by atoms with Crippen LogP contribution in [0, 0.1) is 0 Å².